The molecule has 0 aliphatic carbocycles. The van der Waals surface area contributed by atoms with Gasteiger partial charge in [-0.05, 0) is 35.4 Å². The fourth-order valence-corrected chi connectivity index (χ4v) is 2.33. The average molecular weight is 348 g/mol. The predicted octanol–water partition coefficient (Wildman–Crippen LogP) is 2.59. The van der Waals surface area contributed by atoms with Gasteiger partial charge in [-0.3, -0.25) is 9.59 Å². The Morgan fingerprint density at radius 2 is 1.80 bits per heavy atom. The van der Waals surface area contributed by atoms with Crippen LogP contribution in [0.2, 0.25) is 0 Å². The van der Waals surface area contributed by atoms with Crippen molar-refractivity contribution < 1.29 is 23.1 Å². The molecule has 132 valence electrons. The molecule has 0 heterocycles. The minimum atomic E-state index is -2.91. The van der Waals surface area contributed by atoms with Gasteiger partial charge < -0.3 is 15.4 Å². The summed E-state index contributed by atoms with van der Waals surface area (Å²) in [5.41, 5.74) is 6.95. The number of hydrogen-bond acceptors (Lipinski definition) is 3. The minimum absolute atomic E-state index is 0.0112. The lowest BCUT2D eigenvalue weighted by Crippen LogP contribution is -2.27. The van der Waals surface area contributed by atoms with E-state index in [4.69, 9.17) is 5.73 Å². The van der Waals surface area contributed by atoms with Crippen LogP contribution in [0.4, 0.5) is 8.78 Å². The molecule has 0 aliphatic rings. The zero-order valence-corrected chi connectivity index (χ0v) is 13.6. The molecule has 2 amide bonds. The average Bonchev–Trinajstić information content (AvgIpc) is 2.54. The molecule has 25 heavy (non-hydrogen) atoms. The van der Waals surface area contributed by atoms with Gasteiger partial charge in [-0.25, -0.2) is 0 Å². The van der Waals surface area contributed by atoms with Crippen molar-refractivity contribution in [3.05, 3.63) is 65.2 Å². The Bertz CT molecular complexity index is 765. The number of primary amides is 1. The molecule has 0 saturated carbocycles. The first kappa shape index (κ1) is 18.4. The van der Waals surface area contributed by atoms with E-state index in [-0.39, 0.29) is 18.1 Å². The lowest BCUT2D eigenvalue weighted by molar-refractivity contribution is -0.129. The van der Waals surface area contributed by atoms with E-state index in [1.165, 1.54) is 17.0 Å². The van der Waals surface area contributed by atoms with Crippen molar-refractivity contribution in [3.8, 4) is 5.75 Å². The van der Waals surface area contributed by atoms with Crippen molar-refractivity contribution in [2.75, 3.05) is 7.05 Å². The van der Waals surface area contributed by atoms with Crippen LogP contribution in [0.1, 0.15) is 21.5 Å². The zero-order valence-electron chi connectivity index (χ0n) is 13.6. The molecule has 0 bridgehead atoms. The fourth-order valence-electron chi connectivity index (χ4n) is 2.33. The van der Waals surface area contributed by atoms with Gasteiger partial charge >= 0.3 is 6.61 Å². The highest BCUT2D eigenvalue weighted by atomic mass is 19.3. The Labute approximate surface area is 144 Å². The third kappa shape index (κ3) is 5.56. The Hall–Kier alpha value is -2.96. The topological polar surface area (TPSA) is 72.6 Å². The van der Waals surface area contributed by atoms with E-state index in [1.807, 2.05) is 0 Å². The summed E-state index contributed by atoms with van der Waals surface area (Å²) in [6, 6.07) is 12.7. The van der Waals surface area contributed by atoms with Crippen LogP contribution < -0.4 is 10.5 Å². The molecule has 0 radical (unpaired) electrons. The molecule has 2 aromatic rings. The Kier molecular flexibility index (Phi) is 6.05. The molecule has 7 heteroatoms. The van der Waals surface area contributed by atoms with Crippen LogP contribution in [0.5, 0.6) is 5.75 Å². The first-order valence-electron chi connectivity index (χ1n) is 7.51. The lowest BCUT2D eigenvalue weighted by atomic mass is 10.1. The summed E-state index contributed by atoms with van der Waals surface area (Å²) in [6.45, 7) is -2.61. The molecule has 2 aromatic carbocycles. The first-order chi connectivity index (χ1) is 11.8. The first-order valence-corrected chi connectivity index (χ1v) is 7.51. The highest BCUT2D eigenvalue weighted by molar-refractivity contribution is 5.92. The monoisotopic (exact) mass is 348 g/mol. The maximum atomic E-state index is 12.3. The van der Waals surface area contributed by atoms with Crippen molar-refractivity contribution in [1.29, 1.82) is 0 Å². The summed E-state index contributed by atoms with van der Waals surface area (Å²) < 4.78 is 28.8. The minimum Gasteiger partial charge on any atom is -0.435 e. The molecule has 0 aromatic heterocycles. The second-order valence-corrected chi connectivity index (χ2v) is 5.52. The molecule has 0 fully saturated rings. The van der Waals surface area contributed by atoms with Crippen molar-refractivity contribution in [2.45, 2.75) is 19.6 Å². The van der Waals surface area contributed by atoms with E-state index in [1.54, 1.807) is 43.4 Å². The van der Waals surface area contributed by atoms with E-state index in [0.29, 0.717) is 17.7 Å². The number of amides is 2. The number of hydrogen-bond donors (Lipinski definition) is 1. The fraction of sp³-hybridized carbons (Fsp3) is 0.222. The molecule has 2 N–H and O–H groups in total. The Balaban J connectivity index is 2.01. The summed E-state index contributed by atoms with van der Waals surface area (Å²) in [5.74, 6) is -0.720. The second kappa shape index (κ2) is 8.23. The van der Waals surface area contributed by atoms with Crippen LogP contribution >= 0.6 is 0 Å². The maximum Gasteiger partial charge on any atom is 0.387 e. The van der Waals surface area contributed by atoms with E-state index >= 15 is 0 Å². The normalized spacial score (nSPS) is 10.6. The van der Waals surface area contributed by atoms with Crippen LogP contribution in [-0.4, -0.2) is 30.4 Å². The van der Waals surface area contributed by atoms with Gasteiger partial charge in [0.1, 0.15) is 5.75 Å². The zero-order chi connectivity index (χ0) is 18.4. The van der Waals surface area contributed by atoms with Crippen molar-refractivity contribution in [3.63, 3.8) is 0 Å². The van der Waals surface area contributed by atoms with Crippen molar-refractivity contribution >= 4 is 11.8 Å². The third-order valence-corrected chi connectivity index (χ3v) is 3.54. The molecule has 0 aliphatic heterocycles. The molecule has 0 spiro atoms. The largest absolute Gasteiger partial charge is 0.435 e. The number of alkyl halides is 2. The SMILES string of the molecule is CN(Cc1cccc(C(N)=O)c1)C(=O)Cc1cccc(OC(F)F)c1. The standard InChI is InChI=1S/C18H18F2N2O3/c1-22(11-13-5-2-6-14(8-13)17(21)24)16(23)10-12-4-3-7-15(9-12)25-18(19)20/h2-9,18H,10-11H2,1H3,(H2,21,24). The second-order valence-electron chi connectivity index (χ2n) is 5.52. The Morgan fingerprint density at radius 1 is 1.12 bits per heavy atom. The molecule has 0 saturated heterocycles. The summed E-state index contributed by atoms with van der Waals surface area (Å²) in [5, 5.41) is 0. The van der Waals surface area contributed by atoms with Gasteiger partial charge in [0.15, 0.2) is 0 Å². The van der Waals surface area contributed by atoms with Crippen LogP contribution in [-0.2, 0) is 17.8 Å². The van der Waals surface area contributed by atoms with Gasteiger partial charge in [0.2, 0.25) is 11.8 Å². The number of halogens is 2. The number of nitrogens with zero attached hydrogens (tertiary/aromatic N) is 1. The lowest BCUT2D eigenvalue weighted by Gasteiger charge is -2.18. The van der Waals surface area contributed by atoms with Gasteiger partial charge in [0.05, 0.1) is 6.42 Å². The van der Waals surface area contributed by atoms with Gasteiger partial charge in [-0.2, -0.15) is 8.78 Å². The summed E-state index contributed by atoms with van der Waals surface area (Å²) in [4.78, 5) is 25.0. The number of likely N-dealkylation sites (N-methyl/N-ethyl adjacent to an activating group) is 1. The Morgan fingerprint density at radius 3 is 2.48 bits per heavy atom. The highest BCUT2D eigenvalue weighted by Gasteiger charge is 2.12. The maximum absolute atomic E-state index is 12.3. The number of carbonyl (C=O) groups is 2. The van der Waals surface area contributed by atoms with Gasteiger partial charge in [-0.1, -0.05) is 24.3 Å². The predicted molar refractivity (Wildman–Crippen MR) is 88.2 cm³/mol. The summed E-state index contributed by atoms with van der Waals surface area (Å²) >= 11 is 0. The van der Waals surface area contributed by atoms with E-state index in [9.17, 15) is 18.4 Å². The van der Waals surface area contributed by atoms with Crippen LogP contribution in [0, 0.1) is 0 Å². The highest BCUT2D eigenvalue weighted by Crippen LogP contribution is 2.17. The van der Waals surface area contributed by atoms with E-state index in [0.717, 1.165) is 5.56 Å². The van der Waals surface area contributed by atoms with E-state index < -0.39 is 12.5 Å². The number of benzene rings is 2. The number of rotatable bonds is 7. The number of carbonyl (C=O) groups excluding carboxylic acids is 2. The van der Waals surface area contributed by atoms with Crippen molar-refractivity contribution in [2.24, 2.45) is 5.73 Å². The molecule has 0 unspecified atom stereocenters. The third-order valence-electron chi connectivity index (χ3n) is 3.54. The summed E-state index contributed by atoms with van der Waals surface area (Å²) in [7, 11) is 1.62. The number of ether oxygens (including phenoxy) is 1. The van der Waals surface area contributed by atoms with Gasteiger partial charge in [0, 0.05) is 19.2 Å². The smallest absolute Gasteiger partial charge is 0.387 e. The molecule has 0 atom stereocenters. The van der Waals surface area contributed by atoms with E-state index in [2.05, 4.69) is 4.74 Å². The molecule has 5 nitrogen and oxygen atoms in total. The molecular formula is C18H18F2N2O3. The number of nitrogens with two attached hydrogens (primary N) is 1. The van der Waals surface area contributed by atoms with Gasteiger partial charge in [0.25, 0.3) is 0 Å². The van der Waals surface area contributed by atoms with Gasteiger partial charge in [-0.15, -0.1) is 0 Å². The molecular weight excluding hydrogens is 330 g/mol. The quantitative estimate of drug-likeness (QED) is 0.836. The van der Waals surface area contributed by atoms with Crippen LogP contribution in [0.15, 0.2) is 48.5 Å². The van der Waals surface area contributed by atoms with Crippen molar-refractivity contribution in [1.82, 2.24) is 4.90 Å². The van der Waals surface area contributed by atoms with Crippen LogP contribution in [0.3, 0.4) is 0 Å². The molecule has 2 rings (SSSR count). The summed E-state index contributed by atoms with van der Waals surface area (Å²) in [6.07, 6.45) is 0.0481. The van der Waals surface area contributed by atoms with Crippen LogP contribution in [0.25, 0.3) is 0 Å².